The summed E-state index contributed by atoms with van der Waals surface area (Å²) in [5.74, 6) is 0.405. The lowest BCUT2D eigenvalue weighted by Crippen LogP contribution is -2.27. The zero-order valence-electron chi connectivity index (χ0n) is 14.4. The number of carbonyl (C=O) groups excluding carboxylic acids is 1. The Bertz CT molecular complexity index is 840. The normalized spacial score (nSPS) is 10.8. The van der Waals surface area contributed by atoms with Crippen molar-refractivity contribution in [1.82, 2.24) is 14.9 Å². The van der Waals surface area contributed by atoms with Crippen LogP contribution in [0.15, 0.2) is 53.3 Å². The summed E-state index contributed by atoms with van der Waals surface area (Å²) in [6.07, 6.45) is 4.58. The second-order valence-electron chi connectivity index (χ2n) is 5.82. The van der Waals surface area contributed by atoms with Crippen LogP contribution in [0, 0.1) is 13.8 Å². The summed E-state index contributed by atoms with van der Waals surface area (Å²) in [5.41, 5.74) is 3.58. The molecule has 0 aliphatic rings. The lowest BCUT2D eigenvalue weighted by atomic mass is 10.1. The van der Waals surface area contributed by atoms with Gasteiger partial charge in [0.25, 0.3) is 0 Å². The van der Waals surface area contributed by atoms with E-state index in [1.165, 1.54) is 27.8 Å². The van der Waals surface area contributed by atoms with Gasteiger partial charge in [-0.25, -0.2) is 4.98 Å². The standard InChI is InChI=1S/C19H21N3OS2/c1-14-5-6-16(12-15(14)2)22-10-9-21-19(22)25-13-18(23)20-8-7-17-4-3-11-24-17/h3-6,9-12H,7-8,13H2,1-2H3,(H,20,23). The highest BCUT2D eigenvalue weighted by Gasteiger charge is 2.09. The zero-order valence-corrected chi connectivity index (χ0v) is 16.0. The predicted octanol–water partition coefficient (Wildman–Crippen LogP) is 4.00. The van der Waals surface area contributed by atoms with Crippen molar-refractivity contribution in [2.45, 2.75) is 25.4 Å². The minimum atomic E-state index is 0.0381. The van der Waals surface area contributed by atoms with E-state index >= 15 is 0 Å². The lowest BCUT2D eigenvalue weighted by Gasteiger charge is -2.10. The van der Waals surface area contributed by atoms with Crippen molar-refractivity contribution < 1.29 is 4.79 Å². The molecule has 2 aromatic heterocycles. The van der Waals surface area contributed by atoms with E-state index in [2.05, 4.69) is 53.8 Å². The first-order chi connectivity index (χ1) is 12.1. The van der Waals surface area contributed by atoms with Crippen molar-refractivity contribution in [2.24, 2.45) is 0 Å². The number of thiophene rings is 1. The molecular weight excluding hydrogens is 350 g/mol. The van der Waals surface area contributed by atoms with Gasteiger partial charge in [-0.15, -0.1) is 11.3 Å². The summed E-state index contributed by atoms with van der Waals surface area (Å²) in [5, 5.41) is 5.85. The number of hydrogen-bond donors (Lipinski definition) is 1. The molecule has 1 aromatic carbocycles. The highest BCUT2D eigenvalue weighted by atomic mass is 32.2. The minimum Gasteiger partial charge on any atom is -0.355 e. The molecule has 0 unspecified atom stereocenters. The Morgan fingerprint density at radius 1 is 1.28 bits per heavy atom. The van der Waals surface area contributed by atoms with Crippen molar-refractivity contribution in [1.29, 1.82) is 0 Å². The number of nitrogens with one attached hydrogen (secondary N) is 1. The van der Waals surface area contributed by atoms with E-state index in [1.807, 2.05) is 16.8 Å². The van der Waals surface area contributed by atoms with Crippen molar-refractivity contribution >= 4 is 29.0 Å². The number of amides is 1. The van der Waals surface area contributed by atoms with Gasteiger partial charge in [-0.05, 0) is 55.0 Å². The van der Waals surface area contributed by atoms with Crippen LogP contribution in [-0.2, 0) is 11.2 Å². The molecule has 6 heteroatoms. The first-order valence-electron chi connectivity index (χ1n) is 8.16. The predicted molar refractivity (Wildman–Crippen MR) is 105 cm³/mol. The molecule has 0 bridgehead atoms. The summed E-state index contributed by atoms with van der Waals surface area (Å²) in [6, 6.07) is 10.4. The summed E-state index contributed by atoms with van der Waals surface area (Å²) in [4.78, 5) is 17.7. The topological polar surface area (TPSA) is 46.9 Å². The number of imidazole rings is 1. The van der Waals surface area contributed by atoms with Gasteiger partial charge in [0.1, 0.15) is 0 Å². The molecule has 25 heavy (non-hydrogen) atoms. The highest BCUT2D eigenvalue weighted by molar-refractivity contribution is 7.99. The average Bonchev–Trinajstić information content (AvgIpc) is 3.27. The molecule has 0 aliphatic carbocycles. The van der Waals surface area contributed by atoms with E-state index in [-0.39, 0.29) is 5.91 Å². The van der Waals surface area contributed by atoms with Gasteiger partial charge < -0.3 is 5.32 Å². The van der Waals surface area contributed by atoms with Gasteiger partial charge in [-0.1, -0.05) is 23.9 Å². The molecule has 4 nitrogen and oxygen atoms in total. The molecule has 0 radical (unpaired) electrons. The molecule has 3 rings (SSSR count). The van der Waals surface area contributed by atoms with Crippen molar-refractivity contribution in [3.8, 4) is 5.69 Å². The Labute approximate surface area is 156 Å². The molecule has 130 valence electrons. The van der Waals surface area contributed by atoms with Crippen LogP contribution in [0.1, 0.15) is 16.0 Å². The maximum Gasteiger partial charge on any atom is 0.230 e. The zero-order chi connectivity index (χ0) is 17.6. The second kappa shape index (κ2) is 8.36. The van der Waals surface area contributed by atoms with E-state index in [0.717, 1.165) is 17.3 Å². The summed E-state index contributed by atoms with van der Waals surface area (Å²) in [6.45, 7) is 4.87. The van der Waals surface area contributed by atoms with Gasteiger partial charge in [0, 0.05) is 29.5 Å². The molecule has 0 saturated heterocycles. The van der Waals surface area contributed by atoms with Crippen LogP contribution in [0.4, 0.5) is 0 Å². The number of hydrogen-bond acceptors (Lipinski definition) is 4. The summed E-state index contributed by atoms with van der Waals surface area (Å²) < 4.78 is 2.02. The molecule has 0 aliphatic heterocycles. The third-order valence-electron chi connectivity index (χ3n) is 3.98. The fourth-order valence-electron chi connectivity index (χ4n) is 2.43. The molecule has 0 fully saturated rings. The van der Waals surface area contributed by atoms with Crippen LogP contribution >= 0.6 is 23.1 Å². The van der Waals surface area contributed by atoms with E-state index in [1.54, 1.807) is 17.5 Å². The van der Waals surface area contributed by atoms with Crippen molar-refractivity contribution in [2.75, 3.05) is 12.3 Å². The molecule has 1 N–H and O–H groups in total. The number of benzene rings is 1. The van der Waals surface area contributed by atoms with Gasteiger partial charge in [-0.3, -0.25) is 9.36 Å². The van der Waals surface area contributed by atoms with Crippen LogP contribution in [-0.4, -0.2) is 27.8 Å². The molecule has 1 amide bonds. The number of rotatable bonds is 7. The largest absolute Gasteiger partial charge is 0.355 e. The Kier molecular flexibility index (Phi) is 5.94. The lowest BCUT2D eigenvalue weighted by molar-refractivity contribution is -0.118. The molecule has 2 heterocycles. The third kappa shape index (κ3) is 4.74. The minimum absolute atomic E-state index is 0.0381. The van der Waals surface area contributed by atoms with Crippen LogP contribution in [0.3, 0.4) is 0 Å². The van der Waals surface area contributed by atoms with Crippen molar-refractivity contribution in [3.63, 3.8) is 0 Å². The van der Waals surface area contributed by atoms with Crippen molar-refractivity contribution in [3.05, 3.63) is 64.1 Å². The Morgan fingerprint density at radius 2 is 2.16 bits per heavy atom. The Morgan fingerprint density at radius 3 is 2.92 bits per heavy atom. The van der Waals surface area contributed by atoms with E-state index < -0.39 is 0 Å². The molecule has 0 saturated carbocycles. The number of carbonyl (C=O) groups is 1. The monoisotopic (exact) mass is 371 g/mol. The number of nitrogens with zero attached hydrogens (tertiary/aromatic N) is 2. The number of aromatic nitrogens is 2. The SMILES string of the molecule is Cc1ccc(-n2ccnc2SCC(=O)NCCc2cccs2)cc1C. The van der Waals surface area contributed by atoms with Crippen LogP contribution < -0.4 is 5.32 Å². The van der Waals surface area contributed by atoms with Crippen LogP contribution in [0.25, 0.3) is 5.69 Å². The van der Waals surface area contributed by atoms with Crippen LogP contribution in [0.2, 0.25) is 0 Å². The molecule has 0 atom stereocenters. The summed E-state index contributed by atoms with van der Waals surface area (Å²) in [7, 11) is 0. The second-order valence-corrected chi connectivity index (χ2v) is 7.79. The number of aryl methyl sites for hydroxylation is 2. The first-order valence-corrected chi connectivity index (χ1v) is 10.0. The highest BCUT2D eigenvalue weighted by Crippen LogP contribution is 2.22. The quantitative estimate of drug-likeness (QED) is 0.639. The smallest absolute Gasteiger partial charge is 0.230 e. The maximum absolute atomic E-state index is 12.0. The van der Waals surface area contributed by atoms with Gasteiger partial charge >= 0.3 is 0 Å². The third-order valence-corrected chi connectivity index (χ3v) is 5.88. The van der Waals surface area contributed by atoms with E-state index in [0.29, 0.717) is 12.3 Å². The molecule has 0 spiro atoms. The first kappa shape index (κ1) is 17.8. The molecule has 3 aromatic rings. The Balaban J connectivity index is 1.54. The van der Waals surface area contributed by atoms with E-state index in [4.69, 9.17) is 0 Å². The van der Waals surface area contributed by atoms with E-state index in [9.17, 15) is 4.79 Å². The van der Waals surface area contributed by atoms with Gasteiger partial charge in [0.2, 0.25) is 5.91 Å². The maximum atomic E-state index is 12.0. The molecular formula is C19H21N3OS2. The fourth-order valence-corrected chi connectivity index (χ4v) is 3.94. The summed E-state index contributed by atoms with van der Waals surface area (Å²) >= 11 is 3.17. The number of thioether (sulfide) groups is 1. The average molecular weight is 372 g/mol. The van der Waals surface area contributed by atoms with Crippen LogP contribution in [0.5, 0.6) is 0 Å². The van der Waals surface area contributed by atoms with Gasteiger partial charge in [0.05, 0.1) is 5.75 Å². The van der Waals surface area contributed by atoms with Gasteiger partial charge in [-0.2, -0.15) is 0 Å². The Hall–Kier alpha value is -2.05. The van der Waals surface area contributed by atoms with Gasteiger partial charge in [0.15, 0.2) is 5.16 Å². The fraction of sp³-hybridized carbons (Fsp3) is 0.263.